The van der Waals surface area contributed by atoms with Crippen molar-refractivity contribution in [2.75, 3.05) is 0 Å². The van der Waals surface area contributed by atoms with Crippen LogP contribution in [-0.2, 0) is 6.54 Å². The lowest BCUT2D eigenvalue weighted by Gasteiger charge is -2.09. The second-order valence-corrected chi connectivity index (χ2v) is 8.45. The van der Waals surface area contributed by atoms with Gasteiger partial charge in [-0.25, -0.2) is 9.97 Å². The van der Waals surface area contributed by atoms with Gasteiger partial charge in [-0.1, -0.05) is 60.1 Å². The van der Waals surface area contributed by atoms with Crippen LogP contribution < -0.4 is 5.56 Å². The van der Waals surface area contributed by atoms with E-state index in [0.717, 1.165) is 37.3 Å². The number of pyridine rings is 1. The van der Waals surface area contributed by atoms with Crippen LogP contribution in [0.2, 0.25) is 5.15 Å². The van der Waals surface area contributed by atoms with Gasteiger partial charge in [-0.05, 0) is 24.6 Å². The first-order valence-electron chi connectivity index (χ1n) is 9.20. The van der Waals surface area contributed by atoms with Crippen LogP contribution in [0, 0.1) is 6.92 Å². The van der Waals surface area contributed by atoms with Crippen molar-refractivity contribution in [1.29, 1.82) is 0 Å². The number of rotatable bonds is 3. The van der Waals surface area contributed by atoms with Crippen molar-refractivity contribution in [3.05, 3.63) is 92.9 Å². The summed E-state index contributed by atoms with van der Waals surface area (Å²) in [4.78, 5) is 24.2. The van der Waals surface area contributed by atoms with E-state index in [9.17, 15) is 4.79 Å². The van der Waals surface area contributed by atoms with Crippen molar-refractivity contribution in [1.82, 2.24) is 14.5 Å². The Morgan fingerprint density at radius 1 is 1.07 bits per heavy atom. The Kier molecular flexibility index (Phi) is 4.42. The van der Waals surface area contributed by atoms with E-state index in [0.29, 0.717) is 17.1 Å². The summed E-state index contributed by atoms with van der Waals surface area (Å²) in [5.74, 6) is 0. The van der Waals surface area contributed by atoms with Crippen LogP contribution in [0.25, 0.3) is 32.2 Å². The average Bonchev–Trinajstić information content (AvgIpc) is 3.08. The number of hydrogen-bond acceptors (Lipinski definition) is 4. The van der Waals surface area contributed by atoms with Gasteiger partial charge in [-0.3, -0.25) is 9.36 Å². The monoisotopic (exact) mass is 417 g/mol. The fourth-order valence-electron chi connectivity index (χ4n) is 3.63. The minimum atomic E-state index is -0.0672. The minimum Gasteiger partial charge on any atom is -0.294 e. The summed E-state index contributed by atoms with van der Waals surface area (Å²) in [5, 5.41) is 2.05. The summed E-state index contributed by atoms with van der Waals surface area (Å²) in [7, 11) is 0. The Bertz CT molecular complexity index is 1420. The zero-order valence-electron chi connectivity index (χ0n) is 15.6. The first-order valence-corrected chi connectivity index (χ1v) is 10.4. The molecule has 3 aromatic heterocycles. The number of aromatic nitrogens is 3. The van der Waals surface area contributed by atoms with E-state index in [4.69, 9.17) is 11.6 Å². The summed E-state index contributed by atoms with van der Waals surface area (Å²) in [5.41, 5.74) is 3.55. The maximum atomic E-state index is 13.4. The second-order valence-electron chi connectivity index (χ2n) is 6.89. The smallest absolute Gasteiger partial charge is 0.263 e. The first kappa shape index (κ1) is 18.0. The lowest BCUT2D eigenvalue weighted by atomic mass is 10.0. The third-order valence-electron chi connectivity index (χ3n) is 5.01. The molecule has 142 valence electrons. The zero-order valence-corrected chi connectivity index (χ0v) is 17.2. The molecule has 0 spiro atoms. The molecule has 0 unspecified atom stereocenters. The van der Waals surface area contributed by atoms with Gasteiger partial charge in [0.1, 0.15) is 9.98 Å². The zero-order chi connectivity index (χ0) is 20.0. The minimum absolute atomic E-state index is 0.0672. The molecule has 0 aliphatic rings. The van der Waals surface area contributed by atoms with Crippen molar-refractivity contribution in [3.8, 4) is 11.1 Å². The Hall–Kier alpha value is -3.02. The molecular weight excluding hydrogens is 402 g/mol. The number of para-hydroxylation sites is 1. The Labute approximate surface area is 176 Å². The van der Waals surface area contributed by atoms with Crippen molar-refractivity contribution in [2.24, 2.45) is 0 Å². The third-order valence-corrected chi connectivity index (χ3v) is 6.35. The van der Waals surface area contributed by atoms with Gasteiger partial charge < -0.3 is 0 Å². The number of halogens is 1. The molecule has 0 fully saturated rings. The van der Waals surface area contributed by atoms with Gasteiger partial charge in [0, 0.05) is 21.4 Å². The highest BCUT2D eigenvalue weighted by atomic mass is 35.5. The summed E-state index contributed by atoms with van der Waals surface area (Å²) >= 11 is 7.96. The summed E-state index contributed by atoms with van der Waals surface area (Å²) < 4.78 is 1.61. The van der Waals surface area contributed by atoms with Crippen LogP contribution in [0.3, 0.4) is 0 Å². The Morgan fingerprint density at radius 2 is 1.83 bits per heavy atom. The summed E-state index contributed by atoms with van der Waals surface area (Å²) in [6.07, 6.45) is 1.60. The first-order chi connectivity index (χ1) is 14.1. The normalized spacial score (nSPS) is 11.4. The molecule has 0 atom stereocenters. The van der Waals surface area contributed by atoms with E-state index in [-0.39, 0.29) is 5.56 Å². The fourth-order valence-corrected chi connectivity index (χ4v) is 4.84. The lowest BCUT2D eigenvalue weighted by molar-refractivity contribution is 0.748. The molecule has 4 nitrogen and oxygen atoms in total. The van der Waals surface area contributed by atoms with Crippen molar-refractivity contribution in [3.63, 3.8) is 0 Å². The van der Waals surface area contributed by atoms with Gasteiger partial charge in [-0.2, -0.15) is 0 Å². The SMILES string of the molecule is Cc1sc2ncn(Cc3cc4ccccc4nc3Cl)c(=O)c2c1-c1ccccc1. The van der Waals surface area contributed by atoms with E-state index in [1.807, 2.05) is 67.6 Å². The fraction of sp³-hybridized carbons (Fsp3) is 0.0870. The van der Waals surface area contributed by atoms with Crippen molar-refractivity contribution < 1.29 is 0 Å². The van der Waals surface area contributed by atoms with E-state index in [1.54, 1.807) is 22.2 Å². The number of nitrogens with zero attached hydrogens (tertiary/aromatic N) is 3. The number of benzene rings is 2. The molecule has 0 radical (unpaired) electrons. The highest BCUT2D eigenvalue weighted by molar-refractivity contribution is 7.19. The molecule has 5 rings (SSSR count). The Balaban J connectivity index is 1.66. The molecule has 0 amide bonds. The maximum Gasteiger partial charge on any atom is 0.263 e. The molecule has 0 aliphatic heterocycles. The highest BCUT2D eigenvalue weighted by Crippen LogP contribution is 2.35. The van der Waals surface area contributed by atoms with E-state index in [1.165, 1.54) is 0 Å². The largest absolute Gasteiger partial charge is 0.294 e. The predicted molar refractivity (Wildman–Crippen MR) is 120 cm³/mol. The molecule has 29 heavy (non-hydrogen) atoms. The topological polar surface area (TPSA) is 47.8 Å². The van der Waals surface area contributed by atoms with E-state index in [2.05, 4.69) is 9.97 Å². The van der Waals surface area contributed by atoms with Crippen LogP contribution in [0.15, 0.2) is 71.8 Å². The quantitative estimate of drug-likeness (QED) is 0.354. The van der Waals surface area contributed by atoms with Crippen LogP contribution in [-0.4, -0.2) is 14.5 Å². The molecule has 0 saturated carbocycles. The molecule has 5 aromatic rings. The van der Waals surface area contributed by atoms with Gasteiger partial charge in [0.05, 0.1) is 23.8 Å². The maximum absolute atomic E-state index is 13.4. The lowest BCUT2D eigenvalue weighted by Crippen LogP contribution is -2.21. The van der Waals surface area contributed by atoms with Gasteiger partial charge >= 0.3 is 0 Å². The number of fused-ring (bicyclic) bond motifs is 2. The summed E-state index contributed by atoms with van der Waals surface area (Å²) in [6, 6.07) is 19.8. The van der Waals surface area contributed by atoms with E-state index < -0.39 is 0 Å². The molecule has 3 heterocycles. The molecule has 2 aromatic carbocycles. The third kappa shape index (κ3) is 3.12. The van der Waals surface area contributed by atoms with Crippen molar-refractivity contribution in [2.45, 2.75) is 13.5 Å². The molecule has 0 aliphatic carbocycles. The molecule has 0 N–H and O–H groups in total. The van der Waals surface area contributed by atoms with Crippen LogP contribution >= 0.6 is 22.9 Å². The number of aryl methyl sites for hydroxylation is 1. The summed E-state index contributed by atoms with van der Waals surface area (Å²) in [6.45, 7) is 2.35. The Morgan fingerprint density at radius 3 is 2.66 bits per heavy atom. The van der Waals surface area contributed by atoms with Gasteiger partial charge in [-0.15, -0.1) is 11.3 Å². The predicted octanol–water partition coefficient (Wildman–Crippen LogP) is 5.68. The average molecular weight is 418 g/mol. The van der Waals surface area contributed by atoms with Gasteiger partial charge in [0.2, 0.25) is 0 Å². The number of thiophene rings is 1. The standard InChI is InChI=1S/C23H16ClN3OS/c1-14-19(15-7-3-2-4-8-15)20-22(29-14)25-13-27(23(20)28)12-17-11-16-9-5-6-10-18(16)26-21(17)24/h2-11,13H,12H2,1H3. The van der Waals surface area contributed by atoms with Gasteiger partial charge in [0.25, 0.3) is 5.56 Å². The molecular formula is C23H16ClN3OS. The second kappa shape index (κ2) is 7.10. The van der Waals surface area contributed by atoms with Crippen LogP contribution in [0.5, 0.6) is 0 Å². The number of hydrogen-bond donors (Lipinski definition) is 0. The highest BCUT2D eigenvalue weighted by Gasteiger charge is 2.17. The van der Waals surface area contributed by atoms with Crippen LogP contribution in [0.4, 0.5) is 0 Å². The molecule has 6 heteroatoms. The van der Waals surface area contributed by atoms with Crippen molar-refractivity contribution >= 4 is 44.1 Å². The van der Waals surface area contributed by atoms with E-state index >= 15 is 0 Å². The molecule has 0 saturated heterocycles. The molecule has 0 bridgehead atoms. The van der Waals surface area contributed by atoms with Gasteiger partial charge in [0.15, 0.2) is 0 Å². The van der Waals surface area contributed by atoms with Crippen LogP contribution in [0.1, 0.15) is 10.4 Å².